The molecule has 0 fully saturated rings. The summed E-state index contributed by atoms with van der Waals surface area (Å²) in [5.41, 5.74) is -3.13. The maximum absolute atomic E-state index is 14.8. The second kappa shape index (κ2) is 11.1. The Bertz CT molecular complexity index is 1650. The number of pyridine rings is 1. The summed E-state index contributed by atoms with van der Waals surface area (Å²) < 4.78 is 98.7. The third kappa shape index (κ3) is 6.15. The van der Waals surface area contributed by atoms with Gasteiger partial charge in [-0.2, -0.15) is 4.98 Å². The van der Waals surface area contributed by atoms with Crippen LogP contribution in [0.5, 0.6) is 23.0 Å². The quantitative estimate of drug-likeness (QED) is 0.254. The number of methoxy groups -OCH3 is 3. The maximum atomic E-state index is 14.8. The zero-order valence-corrected chi connectivity index (χ0v) is 21.9. The number of phosphoric acid groups is 1. The minimum absolute atomic E-state index is 0.119. The number of hydrogen-bond donors (Lipinski definition) is 4. The zero-order chi connectivity index (χ0) is 34.2. The van der Waals surface area contributed by atoms with Gasteiger partial charge in [0.05, 0.1) is 27.5 Å². The Labute approximate surface area is 235 Å². The lowest BCUT2D eigenvalue weighted by Crippen LogP contribution is -2.53. The molecule has 214 valence electrons. The van der Waals surface area contributed by atoms with E-state index < -0.39 is 63.0 Å². The molecule has 0 bridgehead atoms. The fourth-order valence-corrected chi connectivity index (χ4v) is 3.71. The Kier molecular flexibility index (Phi) is 5.98. The van der Waals surface area contributed by atoms with Gasteiger partial charge in [0.25, 0.3) is 5.91 Å². The van der Waals surface area contributed by atoms with Crippen molar-refractivity contribution in [2.45, 2.75) is 19.3 Å². The predicted octanol–water partition coefficient (Wildman–Crippen LogP) is 3.09. The molecule has 4 N–H and O–H groups in total. The van der Waals surface area contributed by atoms with Gasteiger partial charge in [0, 0.05) is 26.0 Å². The van der Waals surface area contributed by atoms with E-state index in [-0.39, 0.29) is 16.7 Å². The Morgan fingerprint density at radius 1 is 1.12 bits per heavy atom. The molecule has 0 saturated carbocycles. The Balaban J connectivity index is 1.72. The van der Waals surface area contributed by atoms with Crippen LogP contribution in [-0.2, 0) is 13.9 Å². The summed E-state index contributed by atoms with van der Waals surface area (Å²) in [4.78, 5) is 44.2. The van der Waals surface area contributed by atoms with Crippen LogP contribution in [0.4, 0.5) is 33.5 Å². The Morgan fingerprint density at radius 3 is 2.42 bits per heavy atom. The van der Waals surface area contributed by atoms with Gasteiger partial charge >= 0.3 is 7.82 Å². The number of carbonyl (C=O) groups excluding carboxylic acids is 1. The van der Waals surface area contributed by atoms with Gasteiger partial charge in [0.15, 0.2) is 40.3 Å². The number of phosphoric ester groups is 1. The molecule has 1 aliphatic rings. The molecule has 0 radical (unpaired) electrons. The number of carbonyl (C=O) groups is 1. The standard InChI is InChI=1S/C23H26FN6O9P/c1-23(2)21(31)30(11-38-40(32,33)34)20-14(39-23)6-7-17(28-20)27-19-13(24)10-25-22(29-19)26-12-8-15(35-3)18(37-5)16(9-12)36-4/h6-10H,11H2,1-5H3,(H2,32,33,34)(H2,25,26,27,28,29)/i1D3,2D3. The van der Waals surface area contributed by atoms with E-state index in [0.717, 1.165) is 18.3 Å². The molecule has 0 unspecified atom stereocenters. The van der Waals surface area contributed by atoms with Gasteiger partial charge in [0.1, 0.15) is 12.5 Å². The second-order valence-corrected chi connectivity index (χ2v) is 9.08. The molecule has 40 heavy (non-hydrogen) atoms. The normalized spacial score (nSPS) is 17.1. The molecule has 1 aromatic carbocycles. The molecule has 17 heteroatoms. The summed E-state index contributed by atoms with van der Waals surface area (Å²) >= 11 is 0. The summed E-state index contributed by atoms with van der Waals surface area (Å²) in [6, 6.07) is 5.21. The van der Waals surface area contributed by atoms with Crippen LogP contribution in [0.2, 0.25) is 0 Å². The van der Waals surface area contributed by atoms with E-state index in [4.69, 9.17) is 27.2 Å². The monoisotopic (exact) mass is 586 g/mol. The predicted molar refractivity (Wildman–Crippen MR) is 139 cm³/mol. The molecule has 0 spiro atoms. The van der Waals surface area contributed by atoms with E-state index in [1.54, 1.807) is 0 Å². The Morgan fingerprint density at radius 2 is 1.82 bits per heavy atom. The van der Waals surface area contributed by atoms with Crippen LogP contribution in [0.3, 0.4) is 0 Å². The van der Waals surface area contributed by atoms with Gasteiger partial charge < -0.3 is 39.4 Å². The van der Waals surface area contributed by atoms with Gasteiger partial charge in [-0.1, -0.05) is 0 Å². The number of rotatable bonds is 10. The van der Waals surface area contributed by atoms with Crippen LogP contribution in [0.15, 0.2) is 30.5 Å². The third-order valence-electron chi connectivity index (χ3n) is 5.17. The van der Waals surface area contributed by atoms with Crippen LogP contribution >= 0.6 is 7.82 Å². The molecule has 2 aromatic heterocycles. The van der Waals surface area contributed by atoms with Gasteiger partial charge in [-0.25, -0.2) is 18.9 Å². The minimum atomic E-state index is -5.27. The van der Waals surface area contributed by atoms with Crippen LogP contribution in [0.1, 0.15) is 21.9 Å². The van der Waals surface area contributed by atoms with E-state index in [1.807, 2.05) is 0 Å². The van der Waals surface area contributed by atoms with Gasteiger partial charge in [-0.15, -0.1) is 0 Å². The third-order valence-corrected chi connectivity index (χ3v) is 5.62. The molecule has 0 saturated heterocycles. The van der Waals surface area contributed by atoms with Gasteiger partial charge in [0.2, 0.25) is 11.7 Å². The largest absolute Gasteiger partial charge is 0.493 e. The highest BCUT2D eigenvalue weighted by Crippen LogP contribution is 2.42. The van der Waals surface area contributed by atoms with Crippen molar-refractivity contribution in [1.29, 1.82) is 0 Å². The number of nitrogens with zero attached hydrogens (tertiary/aromatic N) is 4. The van der Waals surface area contributed by atoms with Crippen molar-refractivity contribution in [3.63, 3.8) is 0 Å². The van der Waals surface area contributed by atoms with E-state index in [2.05, 4.69) is 30.1 Å². The van der Waals surface area contributed by atoms with Crippen molar-refractivity contribution < 1.29 is 55.2 Å². The van der Waals surface area contributed by atoms with Crippen molar-refractivity contribution in [3.8, 4) is 23.0 Å². The number of halogens is 1. The summed E-state index contributed by atoms with van der Waals surface area (Å²) in [6.07, 6.45) is 0.821. The highest BCUT2D eigenvalue weighted by Gasteiger charge is 2.42. The number of benzene rings is 1. The number of hydrogen-bond acceptors (Lipinski definition) is 12. The first-order valence-corrected chi connectivity index (χ1v) is 12.5. The number of fused-ring (bicyclic) bond motifs is 1. The minimum Gasteiger partial charge on any atom is -0.493 e. The molecular weight excluding hydrogens is 554 g/mol. The van der Waals surface area contributed by atoms with E-state index in [0.29, 0.717) is 22.9 Å². The van der Waals surface area contributed by atoms with Crippen LogP contribution < -0.4 is 34.5 Å². The zero-order valence-electron chi connectivity index (χ0n) is 27.0. The van der Waals surface area contributed by atoms with Crippen LogP contribution in [-0.4, -0.2) is 64.3 Å². The number of amides is 1. The molecule has 15 nitrogen and oxygen atoms in total. The van der Waals surface area contributed by atoms with Crippen molar-refractivity contribution in [2.75, 3.05) is 43.6 Å². The van der Waals surface area contributed by atoms with E-state index in [1.165, 1.54) is 33.5 Å². The number of ether oxygens (including phenoxy) is 4. The Hall–Kier alpha value is -4.24. The van der Waals surface area contributed by atoms with Gasteiger partial charge in [-0.3, -0.25) is 14.2 Å². The lowest BCUT2D eigenvalue weighted by Gasteiger charge is -2.37. The van der Waals surface area contributed by atoms with Crippen molar-refractivity contribution in [1.82, 2.24) is 15.0 Å². The summed E-state index contributed by atoms with van der Waals surface area (Å²) in [7, 11) is -1.03. The first-order chi connectivity index (χ1) is 21.3. The first-order valence-electron chi connectivity index (χ1n) is 13.9. The van der Waals surface area contributed by atoms with Crippen LogP contribution in [0, 0.1) is 5.82 Å². The topological polar surface area (TPSA) is 187 Å². The molecule has 1 amide bonds. The van der Waals surface area contributed by atoms with E-state index in [9.17, 15) is 23.5 Å². The average molecular weight is 587 g/mol. The SMILES string of the molecule is [2H]C([2H])([2H])C1(C([2H])([2H])[2H])Oc2ccc(Nc3nc(Nc4cc(OC)c(OC)c(OC)c4)ncc3F)nc2N(COP(=O)(O)O)C1=O. The average Bonchev–Trinajstić information content (AvgIpc) is 2.95. The summed E-state index contributed by atoms with van der Waals surface area (Å²) in [6.45, 7) is -8.53. The number of anilines is 5. The first kappa shape index (κ1) is 21.6. The second-order valence-electron chi connectivity index (χ2n) is 7.84. The summed E-state index contributed by atoms with van der Waals surface area (Å²) in [5, 5.41) is 5.40. The molecule has 1 aliphatic heterocycles. The van der Waals surface area contributed by atoms with Crippen molar-refractivity contribution in [3.05, 3.63) is 36.3 Å². The lowest BCUT2D eigenvalue weighted by atomic mass is 10.1. The highest BCUT2D eigenvalue weighted by atomic mass is 31.2. The molecule has 0 atom stereocenters. The lowest BCUT2D eigenvalue weighted by molar-refractivity contribution is -0.133. The fourth-order valence-electron chi connectivity index (χ4n) is 3.44. The van der Waals surface area contributed by atoms with E-state index >= 15 is 0 Å². The molecular formula is C23H26FN6O9P. The molecule has 3 heterocycles. The number of aromatic nitrogens is 3. The molecule has 0 aliphatic carbocycles. The molecule has 3 aromatic rings. The fraction of sp³-hybridized carbons (Fsp3) is 0.304. The van der Waals surface area contributed by atoms with Crippen molar-refractivity contribution in [2.24, 2.45) is 0 Å². The summed E-state index contributed by atoms with van der Waals surface area (Å²) in [5.74, 6) is -3.78. The van der Waals surface area contributed by atoms with Crippen molar-refractivity contribution >= 4 is 42.8 Å². The maximum Gasteiger partial charge on any atom is 0.471 e. The van der Waals surface area contributed by atoms with Crippen LogP contribution in [0.25, 0.3) is 0 Å². The molecule has 4 rings (SSSR count). The van der Waals surface area contributed by atoms with Gasteiger partial charge in [-0.05, 0) is 25.8 Å². The smallest absolute Gasteiger partial charge is 0.471 e. The highest BCUT2D eigenvalue weighted by molar-refractivity contribution is 7.46. The number of nitrogens with one attached hydrogen (secondary N) is 2.